The highest BCUT2D eigenvalue weighted by molar-refractivity contribution is 8.76. The van der Waals surface area contributed by atoms with Crippen LogP contribution in [-0.4, -0.2) is 29.5 Å². The zero-order valence-electron chi connectivity index (χ0n) is 24.2. The van der Waals surface area contributed by atoms with Gasteiger partial charge >= 0.3 is 0 Å². The van der Waals surface area contributed by atoms with Crippen LogP contribution in [0.1, 0.15) is 34.5 Å². The third-order valence-electron chi connectivity index (χ3n) is 8.41. The van der Waals surface area contributed by atoms with Crippen LogP contribution in [0.15, 0.2) is 132 Å². The van der Waals surface area contributed by atoms with Gasteiger partial charge in [0, 0.05) is 21.2 Å². The summed E-state index contributed by atoms with van der Waals surface area (Å²) in [6, 6.07) is 36.0. The lowest BCUT2D eigenvalue weighted by molar-refractivity contribution is 0.256. The van der Waals surface area contributed by atoms with E-state index in [1.807, 2.05) is 94.3 Å². The number of halogens is 2. The zero-order valence-corrected chi connectivity index (χ0v) is 27.3. The van der Waals surface area contributed by atoms with E-state index < -0.39 is 11.2 Å². The van der Waals surface area contributed by atoms with Crippen molar-refractivity contribution in [1.29, 1.82) is 0 Å². The Labute approximate surface area is 283 Å². The number of aromatic nitrogens is 6. The van der Waals surface area contributed by atoms with Crippen molar-refractivity contribution in [3.05, 3.63) is 154 Å². The lowest BCUT2D eigenvalue weighted by Gasteiger charge is -2.16. The topological polar surface area (TPSA) is 86.5 Å². The molecule has 6 aromatic rings. The monoisotopic (exact) mass is 684 g/mol. The molecule has 4 aromatic carbocycles. The number of benzene rings is 4. The molecule has 0 radical (unpaired) electrons. The summed E-state index contributed by atoms with van der Waals surface area (Å²) in [4.78, 5) is 9.16. The first kappa shape index (κ1) is 29.7. The minimum atomic E-state index is -0.626. The molecule has 0 unspecified atom stereocenters. The fourth-order valence-corrected chi connectivity index (χ4v) is 8.45. The van der Waals surface area contributed by atoms with Gasteiger partial charge in [-0.2, -0.15) is 10.2 Å². The molecule has 46 heavy (non-hydrogen) atoms. The van der Waals surface area contributed by atoms with Crippen LogP contribution in [0.5, 0.6) is 0 Å². The molecule has 0 aliphatic carbocycles. The number of hydrogen-bond acceptors (Lipinski definition) is 8. The molecule has 230 valence electrons. The smallest absolute Gasteiger partial charge is 0.197 e. The molecule has 2 fully saturated rings. The van der Waals surface area contributed by atoms with Crippen LogP contribution in [-0.2, 0) is 33.8 Å². The predicted octanol–water partition coefficient (Wildman–Crippen LogP) is 8.31. The van der Waals surface area contributed by atoms with Crippen LogP contribution in [0, 0.1) is 0 Å². The summed E-state index contributed by atoms with van der Waals surface area (Å²) >= 11 is 13.2. The molecular formula is C34H26Cl2N6O2S2. The number of ether oxygens (including phenoxy) is 2. The summed E-state index contributed by atoms with van der Waals surface area (Å²) in [7, 11) is 2.94. The third-order valence-corrected chi connectivity index (χ3v) is 11.3. The summed E-state index contributed by atoms with van der Waals surface area (Å²) in [6.07, 6.45) is 2.71. The van der Waals surface area contributed by atoms with E-state index in [2.05, 4.69) is 44.4 Å². The third kappa shape index (κ3) is 5.42. The molecule has 8 nitrogen and oxygen atoms in total. The Morgan fingerprint density at radius 3 is 1.37 bits per heavy atom. The number of nitrogens with zero attached hydrogens (tertiary/aromatic N) is 6. The minimum Gasteiger partial charge on any atom is -0.354 e. The quantitative estimate of drug-likeness (QED) is 0.0995. The van der Waals surface area contributed by atoms with Crippen molar-refractivity contribution < 1.29 is 9.47 Å². The molecule has 2 aliphatic heterocycles. The van der Waals surface area contributed by atoms with E-state index in [-0.39, 0.29) is 12.2 Å². The Kier molecular flexibility index (Phi) is 7.88. The molecule has 2 aromatic heterocycles. The molecule has 2 saturated heterocycles. The first-order valence-electron chi connectivity index (χ1n) is 14.6. The van der Waals surface area contributed by atoms with Gasteiger partial charge in [0.1, 0.15) is 36.1 Å². The Balaban J connectivity index is 1.03. The molecule has 0 N–H and O–H groups in total. The van der Waals surface area contributed by atoms with Crippen molar-refractivity contribution >= 4 is 44.8 Å². The molecular weight excluding hydrogens is 659 g/mol. The highest BCUT2D eigenvalue weighted by Crippen LogP contribution is 2.60. The lowest BCUT2D eigenvalue weighted by Crippen LogP contribution is -2.21. The maximum absolute atomic E-state index is 6.60. The van der Waals surface area contributed by atoms with Gasteiger partial charge in [0.15, 0.2) is 10.3 Å². The van der Waals surface area contributed by atoms with Gasteiger partial charge in [-0.25, -0.2) is 19.3 Å². The normalized spacial score (nSPS) is 23.3. The summed E-state index contributed by atoms with van der Waals surface area (Å²) in [5, 5.41) is 12.0. The Bertz CT molecular complexity index is 1850. The van der Waals surface area contributed by atoms with Gasteiger partial charge in [-0.3, -0.25) is 0 Å². The maximum atomic E-state index is 6.60. The molecule has 2 aliphatic rings. The Morgan fingerprint density at radius 1 is 0.565 bits per heavy atom. The van der Waals surface area contributed by atoms with E-state index in [1.165, 1.54) is 21.6 Å². The van der Waals surface area contributed by atoms with Crippen molar-refractivity contribution in [1.82, 2.24) is 29.5 Å². The highest BCUT2D eigenvalue weighted by Gasteiger charge is 2.60. The first-order chi connectivity index (χ1) is 22.6. The average molecular weight is 686 g/mol. The standard InChI is InChI=1S/C34H26Cl2N6O2S2/c35-27-17-9-7-15-25(27)29-33(43-29,23-11-3-1-4-12-23)19-41-31(37-21-39-41)45-46-32-38-22-40-42(32)20-34(24-13-5-2-6-14-24)30(44-34)26-16-8-10-18-28(26)36/h1-18,21-22,29-30H,19-20H2/t29-,30-,33-,34-/m1/s1. The largest absolute Gasteiger partial charge is 0.354 e. The van der Waals surface area contributed by atoms with Gasteiger partial charge in [-0.1, -0.05) is 120 Å². The van der Waals surface area contributed by atoms with E-state index in [0.29, 0.717) is 23.1 Å². The molecule has 8 rings (SSSR count). The minimum absolute atomic E-state index is 0.208. The van der Waals surface area contributed by atoms with Gasteiger partial charge < -0.3 is 9.47 Å². The Hall–Kier alpha value is -3.64. The van der Waals surface area contributed by atoms with Gasteiger partial charge in [-0.15, -0.1) is 0 Å². The zero-order chi connectivity index (χ0) is 31.1. The predicted molar refractivity (Wildman–Crippen MR) is 179 cm³/mol. The van der Waals surface area contributed by atoms with Crippen LogP contribution in [0.25, 0.3) is 0 Å². The van der Waals surface area contributed by atoms with Crippen molar-refractivity contribution in [2.24, 2.45) is 0 Å². The fraction of sp³-hybridized carbons (Fsp3) is 0.176. The fourth-order valence-electron chi connectivity index (χ4n) is 6.03. The summed E-state index contributed by atoms with van der Waals surface area (Å²) in [6.45, 7) is 0.930. The van der Waals surface area contributed by atoms with Gasteiger partial charge in [0.05, 0.1) is 13.1 Å². The number of rotatable bonds is 11. The van der Waals surface area contributed by atoms with Gasteiger partial charge in [0.2, 0.25) is 0 Å². The second-order valence-electron chi connectivity index (χ2n) is 11.1. The van der Waals surface area contributed by atoms with Crippen LogP contribution >= 0.6 is 44.8 Å². The summed E-state index contributed by atoms with van der Waals surface area (Å²) < 4.78 is 16.7. The summed E-state index contributed by atoms with van der Waals surface area (Å²) in [5.41, 5.74) is 2.77. The molecule has 4 atom stereocenters. The van der Waals surface area contributed by atoms with Crippen LogP contribution in [0.3, 0.4) is 0 Å². The Morgan fingerprint density at radius 2 is 0.957 bits per heavy atom. The van der Waals surface area contributed by atoms with E-state index in [4.69, 9.17) is 32.7 Å². The molecule has 0 saturated carbocycles. The van der Waals surface area contributed by atoms with Gasteiger partial charge in [-0.05, 0) is 44.8 Å². The molecule has 12 heteroatoms. The van der Waals surface area contributed by atoms with Crippen molar-refractivity contribution in [2.75, 3.05) is 0 Å². The van der Waals surface area contributed by atoms with E-state index in [1.54, 1.807) is 12.7 Å². The van der Waals surface area contributed by atoms with Crippen LogP contribution in [0.2, 0.25) is 10.0 Å². The SMILES string of the molecule is Clc1ccccc1[C@H]1O[C@]1(Cn1ncnc1SSc1ncnn1C[C@]1(c2ccccc2)O[C@@H]1c1ccccc1Cl)c1ccccc1. The second kappa shape index (κ2) is 12.2. The lowest BCUT2D eigenvalue weighted by atomic mass is 9.91. The van der Waals surface area contributed by atoms with Crippen molar-refractivity contribution in [3.63, 3.8) is 0 Å². The maximum Gasteiger partial charge on any atom is 0.197 e. The number of epoxide rings is 2. The first-order valence-corrected chi connectivity index (χ1v) is 17.5. The van der Waals surface area contributed by atoms with Crippen LogP contribution < -0.4 is 0 Å². The molecule has 0 bridgehead atoms. The van der Waals surface area contributed by atoms with E-state index >= 15 is 0 Å². The van der Waals surface area contributed by atoms with Crippen LogP contribution in [0.4, 0.5) is 0 Å². The van der Waals surface area contributed by atoms with E-state index in [9.17, 15) is 0 Å². The average Bonchev–Trinajstić information content (AvgIpc) is 3.87. The second-order valence-corrected chi connectivity index (χ2v) is 14.0. The number of hydrogen-bond donors (Lipinski definition) is 0. The highest BCUT2D eigenvalue weighted by atomic mass is 35.5. The molecule has 4 heterocycles. The molecule has 0 amide bonds. The van der Waals surface area contributed by atoms with E-state index in [0.717, 1.165) is 32.6 Å². The summed E-state index contributed by atoms with van der Waals surface area (Å²) in [5.74, 6) is 0. The molecule has 0 spiro atoms. The van der Waals surface area contributed by atoms with Gasteiger partial charge in [0.25, 0.3) is 0 Å². The van der Waals surface area contributed by atoms with Crippen molar-refractivity contribution in [2.45, 2.75) is 46.8 Å². The van der Waals surface area contributed by atoms with Crippen molar-refractivity contribution in [3.8, 4) is 0 Å².